The predicted molar refractivity (Wildman–Crippen MR) is 144 cm³/mol. The summed E-state index contributed by atoms with van der Waals surface area (Å²) in [7, 11) is 0. The summed E-state index contributed by atoms with van der Waals surface area (Å²) in [5.41, 5.74) is 3.90. The van der Waals surface area contributed by atoms with E-state index < -0.39 is 0 Å². The maximum absolute atomic E-state index is 12.4. The van der Waals surface area contributed by atoms with Crippen molar-refractivity contribution in [2.24, 2.45) is 10.9 Å². The SMILES string of the molecule is CCNC(=NCC1CC(=O)N(CCc2ccccc2)C1)NCCc1ccc2c(c1)CCO2.I. The Morgan fingerprint density at radius 3 is 2.79 bits per heavy atom. The van der Waals surface area contributed by atoms with Crippen molar-refractivity contribution in [2.45, 2.75) is 32.6 Å². The summed E-state index contributed by atoms with van der Waals surface area (Å²) in [4.78, 5) is 19.2. The molecule has 1 fully saturated rings. The molecule has 1 amide bonds. The highest BCUT2D eigenvalue weighted by Crippen LogP contribution is 2.25. The number of rotatable bonds is 9. The van der Waals surface area contributed by atoms with Crippen molar-refractivity contribution in [3.8, 4) is 5.75 Å². The monoisotopic (exact) mass is 562 g/mol. The number of nitrogens with one attached hydrogen (secondary N) is 2. The van der Waals surface area contributed by atoms with Gasteiger partial charge in [-0.1, -0.05) is 42.5 Å². The zero-order valence-corrected chi connectivity index (χ0v) is 21.7. The first kappa shape index (κ1) is 25.3. The topological polar surface area (TPSA) is 66.0 Å². The number of carbonyl (C=O) groups excluding carboxylic acids is 1. The fourth-order valence-corrected chi connectivity index (χ4v) is 4.38. The molecule has 2 aliphatic rings. The minimum absolute atomic E-state index is 0. The molecule has 178 valence electrons. The first-order valence-electron chi connectivity index (χ1n) is 11.8. The number of aliphatic imine (C=N–C) groups is 1. The normalized spacial score (nSPS) is 17.4. The van der Waals surface area contributed by atoms with Crippen LogP contribution in [-0.4, -0.2) is 56.1 Å². The van der Waals surface area contributed by atoms with E-state index in [-0.39, 0.29) is 35.8 Å². The van der Waals surface area contributed by atoms with E-state index in [1.807, 2.05) is 23.1 Å². The van der Waals surface area contributed by atoms with Crippen molar-refractivity contribution < 1.29 is 9.53 Å². The lowest BCUT2D eigenvalue weighted by Crippen LogP contribution is -2.38. The molecule has 4 rings (SSSR count). The molecule has 2 aliphatic heterocycles. The van der Waals surface area contributed by atoms with Gasteiger partial charge in [0.25, 0.3) is 0 Å². The Hall–Kier alpha value is -2.29. The predicted octanol–water partition coefficient (Wildman–Crippen LogP) is 3.43. The van der Waals surface area contributed by atoms with E-state index in [1.165, 1.54) is 16.7 Å². The van der Waals surface area contributed by atoms with E-state index in [9.17, 15) is 4.79 Å². The van der Waals surface area contributed by atoms with Crippen LogP contribution in [-0.2, 0) is 24.1 Å². The third kappa shape index (κ3) is 7.35. The standard InChI is InChI=1S/C26H34N4O2.HI/c1-2-27-26(28-13-10-21-8-9-24-23(16-21)12-15-32-24)29-18-22-17-25(31)30(19-22)14-11-20-6-4-3-5-7-20;/h3-9,16,22H,2,10-15,17-19H2,1H3,(H2,27,28,29);1H. The summed E-state index contributed by atoms with van der Waals surface area (Å²) in [6.07, 6.45) is 3.44. The number of hydrogen-bond acceptors (Lipinski definition) is 3. The molecule has 0 aliphatic carbocycles. The summed E-state index contributed by atoms with van der Waals surface area (Å²) < 4.78 is 5.59. The Bertz CT molecular complexity index is 935. The van der Waals surface area contributed by atoms with E-state index >= 15 is 0 Å². The number of hydrogen-bond donors (Lipinski definition) is 2. The highest BCUT2D eigenvalue weighted by molar-refractivity contribution is 14.0. The summed E-state index contributed by atoms with van der Waals surface area (Å²) in [5.74, 6) is 2.39. The van der Waals surface area contributed by atoms with Crippen molar-refractivity contribution >= 4 is 35.8 Å². The van der Waals surface area contributed by atoms with Gasteiger partial charge >= 0.3 is 0 Å². The number of nitrogens with zero attached hydrogens (tertiary/aromatic N) is 2. The number of ether oxygens (including phenoxy) is 1. The van der Waals surface area contributed by atoms with Gasteiger partial charge in [-0.25, -0.2) is 0 Å². The van der Waals surface area contributed by atoms with Gasteiger partial charge in [0.1, 0.15) is 5.75 Å². The number of benzene rings is 2. The second-order valence-corrected chi connectivity index (χ2v) is 8.58. The molecular formula is C26H35IN4O2. The van der Waals surface area contributed by atoms with Crippen molar-refractivity contribution in [2.75, 3.05) is 39.3 Å². The molecule has 2 N–H and O–H groups in total. The molecule has 2 aromatic carbocycles. The Labute approximate surface area is 214 Å². The second kappa shape index (κ2) is 12.8. The summed E-state index contributed by atoms with van der Waals surface area (Å²) in [6, 6.07) is 16.8. The molecule has 6 nitrogen and oxygen atoms in total. The molecule has 1 atom stereocenters. The smallest absolute Gasteiger partial charge is 0.223 e. The van der Waals surface area contributed by atoms with Crippen LogP contribution in [0.25, 0.3) is 0 Å². The molecular weight excluding hydrogens is 527 g/mol. The van der Waals surface area contributed by atoms with Crippen molar-refractivity contribution in [1.29, 1.82) is 0 Å². The minimum Gasteiger partial charge on any atom is -0.493 e. The average molecular weight is 562 g/mol. The summed E-state index contributed by atoms with van der Waals surface area (Å²) in [6.45, 7) is 6.74. The van der Waals surface area contributed by atoms with Crippen molar-refractivity contribution in [1.82, 2.24) is 15.5 Å². The Morgan fingerprint density at radius 2 is 1.97 bits per heavy atom. The van der Waals surface area contributed by atoms with E-state index in [2.05, 4.69) is 47.9 Å². The average Bonchev–Trinajstić information content (AvgIpc) is 3.42. The fourth-order valence-electron chi connectivity index (χ4n) is 4.38. The van der Waals surface area contributed by atoms with Crippen LogP contribution in [0.3, 0.4) is 0 Å². The van der Waals surface area contributed by atoms with Crippen LogP contribution >= 0.6 is 24.0 Å². The minimum atomic E-state index is 0. The maximum Gasteiger partial charge on any atom is 0.223 e. The lowest BCUT2D eigenvalue weighted by Gasteiger charge is -2.16. The molecule has 33 heavy (non-hydrogen) atoms. The summed E-state index contributed by atoms with van der Waals surface area (Å²) >= 11 is 0. The van der Waals surface area contributed by atoms with Crippen LogP contribution in [0.5, 0.6) is 5.75 Å². The molecule has 7 heteroatoms. The van der Waals surface area contributed by atoms with Gasteiger partial charge in [-0.15, -0.1) is 24.0 Å². The number of carbonyl (C=O) groups is 1. The van der Waals surface area contributed by atoms with Crippen molar-refractivity contribution in [3.63, 3.8) is 0 Å². The Morgan fingerprint density at radius 1 is 1.12 bits per heavy atom. The van der Waals surface area contributed by atoms with Gasteiger partial charge in [-0.2, -0.15) is 0 Å². The molecule has 0 aromatic heterocycles. The third-order valence-electron chi connectivity index (χ3n) is 6.12. The molecule has 0 bridgehead atoms. The van der Waals surface area contributed by atoms with Crippen LogP contribution in [0, 0.1) is 5.92 Å². The van der Waals surface area contributed by atoms with Gasteiger partial charge in [0, 0.05) is 51.5 Å². The van der Waals surface area contributed by atoms with Gasteiger partial charge in [0.05, 0.1) is 6.61 Å². The molecule has 2 heterocycles. The zero-order chi connectivity index (χ0) is 22.2. The first-order chi connectivity index (χ1) is 15.7. The van der Waals surface area contributed by atoms with Gasteiger partial charge in [0.2, 0.25) is 5.91 Å². The largest absolute Gasteiger partial charge is 0.493 e. The zero-order valence-electron chi connectivity index (χ0n) is 19.4. The molecule has 0 spiro atoms. The molecule has 1 unspecified atom stereocenters. The van der Waals surface area contributed by atoms with E-state index in [0.29, 0.717) is 13.0 Å². The number of guanidine groups is 1. The molecule has 0 radical (unpaired) electrons. The molecule has 0 saturated carbocycles. The lowest BCUT2D eigenvalue weighted by molar-refractivity contribution is -0.127. The van der Waals surface area contributed by atoms with E-state index in [4.69, 9.17) is 9.73 Å². The van der Waals surface area contributed by atoms with Gasteiger partial charge in [-0.05, 0) is 42.5 Å². The highest BCUT2D eigenvalue weighted by atomic mass is 127. The van der Waals surface area contributed by atoms with Gasteiger partial charge < -0.3 is 20.3 Å². The van der Waals surface area contributed by atoms with Crippen LogP contribution in [0.2, 0.25) is 0 Å². The number of likely N-dealkylation sites (tertiary alicyclic amines) is 1. The van der Waals surface area contributed by atoms with Crippen LogP contribution in [0.1, 0.15) is 30.0 Å². The van der Waals surface area contributed by atoms with E-state index in [1.54, 1.807) is 0 Å². The molecule has 2 aromatic rings. The fraction of sp³-hybridized carbons (Fsp3) is 0.462. The van der Waals surface area contributed by atoms with Gasteiger partial charge in [-0.3, -0.25) is 9.79 Å². The number of amides is 1. The van der Waals surface area contributed by atoms with Crippen LogP contribution < -0.4 is 15.4 Å². The Kier molecular flexibility index (Phi) is 9.84. The van der Waals surface area contributed by atoms with E-state index in [0.717, 1.165) is 63.8 Å². The number of halogens is 1. The summed E-state index contributed by atoms with van der Waals surface area (Å²) in [5, 5.41) is 6.76. The maximum atomic E-state index is 12.4. The van der Waals surface area contributed by atoms with Gasteiger partial charge in [0.15, 0.2) is 5.96 Å². The number of fused-ring (bicyclic) bond motifs is 1. The Balaban J connectivity index is 0.00000306. The highest BCUT2D eigenvalue weighted by Gasteiger charge is 2.29. The first-order valence-corrected chi connectivity index (χ1v) is 11.8. The lowest BCUT2D eigenvalue weighted by atomic mass is 10.1. The third-order valence-corrected chi connectivity index (χ3v) is 6.12. The van der Waals surface area contributed by atoms with Crippen LogP contribution in [0.15, 0.2) is 53.5 Å². The quantitative estimate of drug-likeness (QED) is 0.280. The second-order valence-electron chi connectivity index (χ2n) is 8.58. The van der Waals surface area contributed by atoms with Crippen molar-refractivity contribution in [3.05, 3.63) is 65.2 Å². The van der Waals surface area contributed by atoms with Crippen LogP contribution in [0.4, 0.5) is 0 Å². The molecule has 1 saturated heterocycles.